The zero-order valence-corrected chi connectivity index (χ0v) is 19.1. The number of aliphatic hydroxyl groups is 1. The normalized spacial score (nSPS) is 21.2. The molecule has 29 heavy (non-hydrogen) atoms. The van der Waals surface area contributed by atoms with Gasteiger partial charge in [-0.3, -0.25) is 0 Å². The summed E-state index contributed by atoms with van der Waals surface area (Å²) in [4.78, 5) is 1.46. The molecule has 0 saturated carbocycles. The summed E-state index contributed by atoms with van der Waals surface area (Å²) < 4.78 is 5.88. The van der Waals surface area contributed by atoms with Gasteiger partial charge < -0.3 is 9.84 Å². The Morgan fingerprint density at radius 1 is 0.966 bits per heavy atom. The second-order valence-electron chi connectivity index (χ2n) is 8.70. The van der Waals surface area contributed by atoms with Crippen LogP contribution in [0, 0.1) is 13.8 Å². The average Bonchev–Trinajstić information content (AvgIpc) is 2.72. The van der Waals surface area contributed by atoms with Gasteiger partial charge in [-0.2, -0.15) is 0 Å². The molecule has 0 aromatic heterocycles. The summed E-state index contributed by atoms with van der Waals surface area (Å²) in [6.07, 6.45) is 5.22. The van der Waals surface area contributed by atoms with Gasteiger partial charge >= 0.3 is 0 Å². The standard InChI is InChI=1S/C26H36O2S/c1-20-9-12-22(13-10-20)26(3)19-29-25-18-21(2)11-14-23(25)24(26)8-7-17-28-16-6-4-5-15-27/h9-14,18,24,27H,4-8,15-17,19H2,1-3H3/t24-,26-/m1/s1. The van der Waals surface area contributed by atoms with Crippen molar-refractivity contribution in [1.82, 2.24) is 0 Å². The molecule has 1 aliphatic rings. The molecule has 0 spiro atoms. The smallest absolute Gasteiger partial charge is 0.0466 e. The molecule has 0 aliphatic carbocycles. The Morgan fingerprint density at radius 2 is 1.69 bits per heavy atom. The molecule has 0 saturated heterocycles. The van der Waals surface area contributed by atoms with Gasteiger partial charge in [0, 0.05) is 35.9 Å². The summed E-state index contributed by atoms with van der Waals surface area (Å²) in [5.74, 6) is 1.64. The number of thioether (sulfide) groups is 1. The number of benzene rings is 2. The highest BCUT2D eigenvalue weighted by molar-refractivity contribution is 7.99. The van der Waals surface area contributed by atoms with Crippen LogP contribution < -0.4 is 0 Å². The fourth-order valence-corrected chi connectivity index (χ4v) is 5.87. The topological polar surface area (TPSA) is 29.5 Å². The van der Waals surface area contributed by atoms with Crippen molar-refractivity contribution in [2.24, 2.45) is 0 Å². The minimum atomic E-state index is 0.141. The molecular formula is C26H36O2S. The van der Waals surface area contributed by atoms with Crippen LogP contribution in [0.15, 0.2) is 47.4 Å². The molecule has 1 aliphatic heterocycles. The molecule has 158 valence electrons. The summed E-state index contributed by atoms with van der Waals surface area (Å²) >= 11 is 2.02. The highest BCUT2D eigenvalue weighted by Crippen LogP contribution is 2.51. The second kappa shape index (κ2) is 10.7. The monoisotopic (exact) mass is 412 g/mol. The average molecular weight is 413 g/mol. The van der Waals surface area contributed by atoms with Gasteiger partial charge in [-0.05, 0) is 69.1 Å². The van der Waals surface area contributed by atoms with E-state index in [0.717, 1.165) is 51.1 Å². The number of fused-ring (bicyclic) bond motifs is 1. The molecule has 3 rings (SSSR count). The summed E-state index contributed by atoms with van der Waals surface area (Å²) in [5.41, 5.74) is 5.78. The van der Waals surface area contributed by atoms with Gasteiger partial charge in [0.1, 0.15) is 0 Å². The first-order valence-corrected chi connectivity index (χ1v) is 12.0. The first kappa shape index (κ1) is 22.4. The highest BCUT2D eigenvalue weighted by Gasteiger charge is 2.40. The van der Waals surface area contributed by atoms with Crippen molar-refractivity contribution < 1.29 is 9.84 Å². The third kappa shape index (κ3) is 5.65. The molecule has 1 heterocycles. The molecule has 0 radical (unpaired) electrons. The zero-order chi connectivity index (χ0) is 20.7. The molecule has 0 bridgehead atoms. The fourth-order valence-electron chi connectivity index (χ4n) is 4.40. The van der Waals surface area contributed by atoms with Crippen LogP contribution in [0.3, 0.4) is 0 Å². The van der Waals surface area contributed by atoms with Crippen molar-refractivity contribution in [3.8, 4) is 0 Å². The largest absolute Gasteiger partial charge is 0.396 e. The van der Waals surface area contributed by atoms with Crippen molar-refractivity contribution in [3.63, 3.8) is 0 Å². The van der Waals surface area contributed by atoms with Crippen LogP contribution in [0.1, 0.15) is 67.2 Å². The van der Waals surface area contributed by atoms with E-state index >= 15 is 0 Å². The van der Waals surface area contributed by atoms with E-state index in [2.05, 4.69) is 63.2 Å². The maximum Gasteiger partial charge on any atom is 0.0466 e. The van der Waals surface area contributed by atoms with E-state index < -0.39 is 0 Å². The van der Waals surface area contributed by atoms with Crippen LogP contribution in [0.4, 0.5) is 0 Å². The van der Waals surface area contributed by atoms with Crippen LogP contribution in [0.2, 0.25) is 0 Å². The number of aliphatic hydroxyl groups excluding tert-OH is 1. The molecule has 1 N–H and O–H groups in total. The van der Waals surface area contributed by atoms with Gasteiger partial charge in [0.05, 0.1) is 0 Å². The summed E-state index contributed by atoms with van der Waals surface area (Å²) in [6, 6.07) is 16.2. The van der Waals surface area contributed by atoms with Gasteiger partial charge in [-0.1, -0.05) is 54.4 Å². The Bertz CT molecular complexity index is 771. The van der Waals surface area contributed by atoms with E-state index in [9.17, 15) is 0 Å². The molecule has 2 aromatic carbocycles. The van der Waals surface area contributed by atoms with Gasteiger partial charge in [-0.15, -0.1) is 11.8 Å². The van der Waals surface area contributed by atoms with E-state index in [1.54, 1.807) is 0 Å². The van der Waals surface area contributed by atoms with Crippen LogP contribution in [0.5, 0.6) is 0 Å². The van der Waals surface area contributed by atoms with E-state index in [-0.39, 0.29) is 12.0 Å². The van der Waals surface area contributed by atoms with Crippen molar-refractivity contribution in [2.45, 2.75) is 69.1 Å². The molecular weight excluding hydrogens is 376 g/mol. The predicted octanol–water partition coefficient (Wildman–Crippen LogP) is 6.41. The first-order chi connectivity index (χ1) is 14.0. The number of hydrogen-bond donors (Lipinski definition) is 1. The lowest BCUT2D eigenvalue weighted by atomic mass is 9.68. The second-order valence-corrected chi connectivity index (χ2v) is 9.72. The quantitative estimate of drug-likeness (QED) is 0.457. The maximum atomic E-state index is 8.86. The van der Waals surface area contributed by atoms with E-state index in [0.29, 0.717) is 5.92 Å². The Hall–Kier alpha value is -1.29. The highest BCUT2D eigenvalue weighted by atomic mass is 32.2. The summed E-state index contributed by atoms with van der Waals surface area (Å²) in [5, 5.41) is 8.86. The summed E-state index contributed by atoms with van der Waals surface area (Å²) in [7, 11) is 0. The zero-order valence-electron chi connectivity index (χ0n) is 18.2. The van der Waals surface area contributed by atoms with E-state index in [1.807, 2.05) is 11.8 Å². The summed E-state index contributed by atoms with van der Waals surface area (Å²) in [6.45, 7) is 8.73. The number of aryl methyl sites for hydroxylation is 2. The minimum absolute atomic E-state index is 0.141. The van der Waals surface area contributed by atoms with Crippen LogP contribution in [-0.2, 0) is 10.2 Å². The first-order valence-electron chi connectivity index (χ1n) is 11.0. The maximum absolute atomic E-state index is 8.86. The lowest BCUT2D eigenvalue weighted by Crippen LogP contribution is -2.36. The van der Waals surface area contributed by atoms with Crippen LogP contribution in [0.25, 0.3) is 0 Å². The molecule has 2 nitrogen and oxygen atoms in total. The molecule has 0 amide bonds. The van der Waals surface area contributed by atoms with Gasteiger partial charge in [0.2, 0.25) is 0 Å². The SMILES string of the molecule is Cc1ccc([C@@]2(C)CSc3cc(C)ccc3[C@H]2CCCOCCCCCO)cc1. The van der Waals surface area contributed by atoms with E-state index in [1.165, 1.54) is 27.1 Å². The molecule has 0 unspecified atom stereocenters. The van der Waals surface area contributed by atoms with Crippen molar-refractivity contribution in [2.75, 3.05) is 25.6 Å². The van der Waals surface area contributed by atoms with Gasteiger partial charge in [-0.25, -0.2) is 0 Å². The Kier molecular flexibility index (Phi) is 8.23. The number of rotatable bonds is 10. The lowest BCUT2D eigenvalue weighted by Gasteiger charge is -2.43. The van der Waals surface area contributed by atoms with Crippen molar-refractivity contribution in [1.29, 1.82) is 0 Å². The van der Waals surface area contributed by atoms with Gasteiger partial charge in [0.15, 0.2) is 0 Å². The Balaban J connectivity index is 1.71. The Labute approximate surface area is 181 Å². The lowest BCUT2D eigenvalue weighted by molar-refractivity contribution is 0.121. The van der Waals surface area contributed by atoms with E-state index in [4.69, 9.17) is 9.84 Å². The molecule has 2 aromatic rings. The molecule has 2 atom stereocenters. The van der Waals surface area contributed by atoms with Crippen LogP contribution in [-0.4, -0.2) is 30.7 Å². The van der Waals surface area contributed by atoms with Crippen molar-refractivity contribution in [3.05, 3.63) is 64.7 Å². The third-order valence-electron chi connectivity index (χ3n) is 6.28. The van der Waals surface area contributed by atoms with Crippen molar-refractivity contribution >= 4 is 11.8 Å². The van der Waals surface area contributed by atoms with Crippen LogP contribution >= 0.6 is 11.8 Å². The molecule has 3 heteroatoms. The third-order valence-corrected chi connectivity index (χ3v) is 7.69. The number of unbranched alkanes of at least 4 members (excludes halogenated alkanes) is 2. The minimum Gasteiger partial charge on any atom is -0.396 e. The van der Waals surface area contributed by atoms with Gasteiger partial charge in [0.25, 0.3) is 0 Å². The molecule has 0 fully saturated rings. The fraction of sp³-hybridized carbons (Fsp3) is 0.538. The Morgan fingerprint density at radius 3 is 2.45 bits per heavy atom. The number of hydrogen-bond acceptors (Lipinski definition) is 3. The predicted molar refractivity (Wildman–Crippen MR) is 124 cm³/mol. The number of ether oxygens (including phenoxy) is 1.